The highest BCUT2D eigenvalue weighted by molar-refractivity contribution is 6.30. The van der Waals surface area contributed by atoms with Crippen molar-refractivity contribution in [2.75, 3.05) is 12.8 Å². The second-order valence-electron chi connectivity index (χ2n) is 4.92. The molecule has 0 bridgehead atoms. The summed E-state index contributed by atoms with van der Waals surface area (Å²) >= 11 is 5.85. The van der Waals surface area contributed by atoms with Crippen LogP contribution < -0.4 is 5.73 Å². The molecule has 2 rings (SSSR count). The number of carbonyl (C=O) groups is 1. The number of benzene rings is 2. The van der Waals surface area contributed by atoms with E-state index in [-0.39, 0.29) is 23.2 Å². The first-order valence-electron chi connectivity index (χ1n) is 6.47. The molecule has 0 radical (unpaired) electrons. The van der Waals surface area contributed by atoms with Gasteiger partial charge in [0.2, 0.25) is 0 Å². The van der Waals surface area contributed by atoms with E-state index in [0.717, 1.165) is 5.56 Å². The molecule has 0 aliphatic heterocycles. The molecule has 5 heteroatoms. The van der Waals surface area contributed by atoms with Crippen molar-refractivity contribution in [3.05, 3.63) is 64.4 Å². The number of hydrogen-bond donors (Lipinski definition) is 1. The minimum Gasteiger partial charge on any atom is -0.399 e. The lowest BCUT2D eigenvalue weighted by molar-refractivity contribution is 0.0742. The van der Waals surface area contributed by atoms with Crippen LogP contribution in [0.25, 0.3) is 0 Å². The van der Waals surface area contributed by atoms with Crippen LogP contribution in [0.2, 0.25) is 5.02 Å². The van der Waals surface area contributed by atoms with Crippen molar-refractivity contribution in [3.8, 4) is 0 Å². The number of amides is 1. The Morgan fingerprint density at radius 1 is 1.24 bits per heavy atom. The number of hydrogen-bond acceptors (Lipinski definition) is 2. The Balaban J connectivity index is 2.23. The lowest BCUT2D eigenvalue weighted by atomic mass is 10.1. The average Bonchev–Trinajstić information content (AvgIpc) is 2.44. The maximum Gasteiger partial charge on any atom is 0.254 e. The van der Waals surface area contributed by atoms with Crippen molar-refractivity contribution >= 4 is 23.2 Å². The van der Waals surface area contributed by atoms with Crippen LogP contribution >= 0.6 is 11.6 Å². The first-order valence-corrected chi connectivity index (χ1v) is 6.85. The highest BCUT2D eigenvalue weighted by Gasteiger charge is 2.19. The van der Waals surface area contributed by atoms with Crippen molar-refractivity contribution < 1.29 is 9.18 Å². The molecule has 3 nitrogen and oxygen atoms in total. The molecule has 0 fully saturated rings. The zero-order valence-corrected chi connectivity index (χ0v) is 12.6. The van der Waals surface area contributed by atoms with Crippen LogP contribution in [0.15, 0.2) is 42.5 Å². The van der Waals surface area contributed by atoms with Crippen LogP contribution in [0, 0.1) is 5.82 Å². The molecule has 2 aromatic rings. The molecule has 1 amide bonds. The third-order valence-electron chi connectivity index (χ3n) is 3.42. The number of nitrogens with two attached hydrogens (primary N) is 1. The molecule has 1 atom stereocenters. The van der Waals surface area contributed by atoms with Gasteiger partial charge in [0.05, 0.1) is 6.04 Å². The highest BCUT2D eigenvalue weighted by atomic mass is 35.5. The van der Waals surface area contributed by atoms with Gasteiger partial charge in [-0.3, -0.25) is 4.79 Å². The molecule has 2 aromatic carbocycles. The summed E-state index contributed by atoms with van der Waals surface area (Å²) in [5.41, 5.74) is 6.98. The Morgan fingerprint density at radius 2 is 1.86 bits per heavy atom. The number of anilines is 1. The number of halogens is 2. The van der Waals surface area contributed by atoms with Crippen LogP contribution in [-0.2, 0) is 0 Å². The zero-order chi connectivity index (χ0) is 15.6. The van der Waals surface area contributed by atoms with Gasteiger partial charge >= 0.3 is 0 Å². The summed E-state index contributed by atoms with van der Waals surface area (Å²) < 4.78 is 13.4. The lowest BCUT2D eigenvalue weighted by Crippen LogP contribution is -2.29. The quantitative estimate of drug-likeness (QED) is 0.874. The fraction of sp³-hybridized carbons (Fsp3) is 0.188. The number of rotatable bonds is 3. The number of nitrogen functional groups attached to an aromatic ring is 1. The average molecular weight is 307 g/mol. The summed E-state index contributed by atoms with van der Waals surface area (Å²) in [7, 11) is 1.67. The summed E-state index contributed by atoms with van der Waals surface area (Å²) in [6.45, 7) is 1.89. The summed E-state index contributed by atoms with van der Waals surface area (Å²) in [4.78, 5) is 13.9. The monoisotopic (exact) mass is 306 g/mol. The van der Waals surface area contributed by atoms with Gasteiger partial charge in [0.15, 0.2) is 0 Å². The first-order chi connectivity index (χ1) is 9.88. The molecular formula is C16H16ClFN2O. The van der Waals surface area contributed by atoms with Crippen molar-refractivity contribution in [2.24, 2.45) is 0 Å². The van der Waals surface area contributed by atoms with Gasteiger partial charge in [0.25, 0.3) is 5.91 Å². The normalized spacial score (nSPS) is 12.0. The minimum atomic E-state index is -0.522. The van der Waals surface area contributed by atoms with Crippen molar-refractivity contribution in [3.63, 3.8) is 0 Å². The highest BCUT2D eigenvalue weighted by Crippen LogP contribution is 2.23. The molecule has 1 unspecified atom stereocenters. The molecule has 0 aromatic heterocycles. The van der Waals surface area contributed by atoms with E-state index in [9.17, 15) is 9.18 Å². The lowest BCUT2D eigenvalue weighted by Gasteiger charge is -2.25. The smallest absolute Gasteiger partial charge is 0.254 e. The number of nitrogens with zero attached hydrogens (tertiary/aromatic N) is 1. The van der Waals surface area contributed by atoms with Gasteiger partial charge in [0, 0.05) is 23.3 Å². The molecule has 0 aliphatic rings. The molecular weight excluding hydrogens is 291 g/mol. The van der Waals surface area contributed by atoms with E-state index in [2.05, 4.69) is 0 Å². The third kappa shape index (κ3) is 3.52. The second kappa shape index (κ2) is 6.14. The minimum absolute atomic E-state index is 0.167. The fourth-order valence-corrected chi connectivity index (χ4v) is 2.21. The van der Waals surface area contributed by atoms with Gasteiger partial charge in [-0.15, -0.1) is 0 Å². The molecule has 0 aliphatic carbocycles. The molecule has 0 saturated heterocycles. The van der Waals surface area contributed by atoms with Gasteiger partial charge in [-0.1, -0.05) is 23.7 Å². The maximum atomic E-state index is 13.4. The maximum absolute atomic E-state index is 13.4. The predicted molar refractivity (Wildman–Crippen MR) is 82.8 cm³/mol. The summed E-state index contributed by atoms with van der Waals surface area (Å²) in [5, 5.41) is 0.637. The molecule has 0 spiro atoms. The van der Waals surface area contributed by atoms with Gasteiger partial charge in [-0.2, -0.15) is 0 Å². The van der Waals surface area contributed by atoms with Gasteiger partial charge in [-0.25, -0.2) is 4.39 Å². The Kier molecular flexibility index (Phi) is 4.48. The molecule has 110 valence electrons. The summed E-state index contributed by atoms with van der Waals surface area (Å²) in [6.07, 6.45) is 0. The summed E-state index contributed by atoms with van der Waals surface area (Å²) in [5.74, 6) is -0.811. The van der Waals surface area contributed by atoms with E-state index in [1.807, 2.05) is 19.1 Å². The van der Waals surface area contributed by atoms with E-state index in [0.29, 0.717) is 5.02 Å². The Morgan fingerprint density at radius 3 is 2.43 bits per heavy atom. The molecule has 2 N–H and O–H groups in total. The zero-order valence-electron chi connectivity index (χ0n) is 11.8. The van der Waals surface area contributed by atoms with Crippen LogP contribution in [0.3, 0.4) is 0 Å². The Hall–Kier alpha value is -2.07. The van der Waals surface area contributed by atoms with Gasteiger partial charge in [0.1, 0.15) is 5.82 Å². The molecule has 0 heterocycles. The van der Waals surface area contributed by atoms with Crippen LogP contribution in [0.1, 0.15) is 28.9 Å². The van der Waals surface area contributed by atoms with E-state index in [1.165, 1.54) is 23.1 Å². The number of carbonyl (C=O) groups excluding carboxylic acids is 1. The standard InChI is InChI=1S/C16H16ClFN2O/c1-10(11-3-5-13(17)6-4-11)20(2)16(21)12-7-14(18)9-15(19)8-12/h3-10H,19H2,1-2H3. The van der Waals surface area contributed by atoms with Gasteiger partial charge < -0.3 is 10.6 Å². The SMILES string of the molecule is CC(c1ccc(Cl)cc1)N(C)C(=O)c1cc(N)cc(F)c1. The third-order valence-corrected chi connectivity index (χ3v) is 3.67. The molecule has 21 heavy (non-hydrogen) atoms. The van der Waals surface area contributed by atoms with Crippen LogP contribution in [0.5, 0.6) is 0 Å². The summed E-state index contributed by atoms with van der Waals surface area (Å²) in [6, 6.07) is 10.9. The predicted octanol–water partition coefficient (Wildman–Crippen LogP) is 3.89. The second-order valence-corrected chi connectivity index (χ2v) is 5.35. The van der Waals surface area contributed by atoms with Crippen molar-refractivity contribution in [1.29, 1.82) is 0 Å². The molecule has 0 saturated carbocycles. The van der Waals surface area contributed by atoms with Crippen molar-refractivity contribution in [1.82, 2.24) is 4.90 Å². The van der Waals surface area contributed by atoms with Crippen LogP contribution in [-0.4, -0.2) is 17.9 Å². The largest absolute Gasteiger partial charge is 0.399 e. The van der Waals surface area contributed by atoms with Gasteiger partial charge in [-0.05, 0) is 42.8 Å². The van der Waals surface area contributed by atoms with Crippen molar-refractivity contribution in [2.45, 2.75) is 13.0 Å². The van der Waals surface area contributed by atoms with E-state index < -0.39 is 5.82 Å². The van der Waals surface area contributed by atoms with Crippen LogP contribution in [0.4, 0.5) is 10.1 Å². The Labute approximate surface area is 128 Å². The first kappa shape index (κ1) is 15.3. The van der Waals surface area contributed by atoms with E-state index in [4.69, 9.17) is 17.3 Å². The fourth-order valence-electron chi connectivity index (χ4n) is 2.08. The topological polar surface area (TPSA) is 46.3 Å². The Bertz CT molecular complexity index is 638. The van der Waals surface area contributed by atoms with E-state index >= 15 is 0 Å². The van der Waals surface area contributed by atoms with E-state index in [1.54, 1.807) is 19.2 Å².